The average molecular weight is 358 g/mol. The van der Waals surface area contributed by atoms with Crippen molar-refractivity contribution in [3.63, 3.8) is 0 Å². The molecular weight excluding hydrogens is 332 g/mol. The number of ether oxygens (including phenoxy) is 2. The lowest BCUT2D eigenvalue weighted by molar-refractivity contribution is -0.121. The second-order valence-corrected chi connectivity index (χ2v) is 8.00. The van der Waals surface area contributed by atoms with Gasteiger partial charge in [-0.15, -0.1) is 0 Å². The molecule has 0 saturated carbocycles. The van der Waals surface area contributed by atoms with Crippen LogP contribution in [0.25, 0.3) is 0 Å². The fourth-order valence-corrected chi connectivity index (χ4v) is 2.87. The maximum atomic E-state index is 12.3. The number of sulfonamides is 1. The molecule has 0 aliphatic carbocycles. The first-order chi connectivity index (χ1) is 11.0. The zero-order valence-electron chi connectivity index (χ0n) is 15.0. The molecule has 0 aliphatic rings. The molecule has 1 aromatic carbocycles. The lowest BCUT2D eigenvalue weighted by Crippen LogP contribution is -2.48. The van der Waals surface area contributed by atoms with E-state index in [0.29, 0.717) is 11.5 Å². The van der Waals surface area contributed by atoms with Crippen LogP contribution in [0, 0.1) is 0 Å². The number of nitrogens with zero attached hydrogens (tertiary/aromatic N) is 1. The fraction of sp³-hybridized carbons (Fsp3) is 0.562. The van der Waals surface area contributed by atoms with E-state index in [4.69, 9.17) is 9.47 Å². The van der Waals surface area contributed by atoms with Gasteiger partial charge in [-0.3, -0.25) is 9.10 Å². The topological polar surface area (TPSA) is 84.9 Å². The van der Waals surface area contributed by atoms with Crippen LogP contribution in [0.4, 0.5) is 5.69 Å². The summed E-state index contributed by atoms with van der Waals surface area (Å²) in [4.78, 5) is 12.3. The van der Waals surface area contributed by atoms with Crippen LogP contribution in [-0.2, 0) is 14.8 Å². The van der Waals surface area contributed by atoms with Gasteiger partial charge in [-0.25, -0.2) is 8.42 Å². The van der Waals surface area contributed by atoms with Gasteiger partial charge in [0.15, 0.2) is 0 Å². The van der Waals surface area contributed by atoms with Crippen LogP contribution in [-0.4, -0.2) is 46.9 Å². The Labute approximate surface area is 144 Å². The highest BCUT2D eigenvalue weighted by atomic mass is 32.2. The van der Waals surface area contributed by atoms with E-state index in [0.717, 1.165) is 17.0 Å². The van der Waals surface area contributed by atoms with Gasteiger partial charge in [-0.05, 0) is 32.4 Å². The average Bonchev–Trinajstić information content (AvgIpc) is 2.50. The summed E-state index contributed by atoms with van der Waals surface area (Å²) in [6.07, 6.45) is 1.78. The maximum Gasteiger partial charge on any atom is 0.241 e. The number of hydrogen-bond acceptors (Lipinski definition) is 5. The van der Waals surface area contributed by atoms with Crippen molar-refractivity contribution in [2.24, 2.45) is 0 Å². The van der Waals surface area contributed by atoms with E-state index >= 15 is 0 Å². The Morgan fingerprint density at radius 3 is 2.33 bits per heavy atom. The largest absolute Gasteiger partial charge is 0.497 e. The number of amides is 1. The minimum Gasteiger partial charge on any atom is -0.497 e. The number of hydrogen-bond donors (Lipinski definition) is 1. The predicted molar refractivity (Wildman–Crippen MR) is 94.2 cm³/mol. The van der Waals surface area contributed by atoms with Crippen molar-refractivity contribution in [3.05, 3.63) is 18.2 Å². The second kappa shape index (κ2) is 7.74. The van der Waals surface area contributed by atoms with Crippen LogP contribution in [0.2, 0.25) is 0 Å². The Kier molecular flexibility index (Phi) is 6.48. The molecule has 1 aromatic rings. The molecule has 0 heterocycles. The molecule has 136 valence electrons. The van der Waals surface area contributed by atoms with Gasteiger partial charge in [0, 0.05) is 11.6 Å². The molecule has 1 N–H and O–H groups in total. The smallest absolute Gasteiger partial charge is 0.241 e. The first-order valence-electron chi connectivity index (χ1n) is 7.55. The Bertz CT molecular complexity index is 686. The Morgan fingerprint density at radius 2 is 1.88 bits per heavy atom. The van der Waals surface area contributed by atoms with E-state index in [1.54, 1.807) is 18.2 Å². The zero-order valence-corrected chi connectivity index (χ0v) is 15.9. The number of carbonyl (C=O) groups is 1. The van der Waals surface area contributed by atoms with Gasteiger partial charge >= 0.3 is 0 Å². The highest BCUT2D eigenvalue weighted by Crippen LogP contribution is 2.33. The standard InChI is InChI=1S/C16H26N2O5S/c1-7-16(2,3)17-15(19)11-18(24(6,20)21)13-9-8-12(22-4)10-14(13)23-5/h8-10H,7,11H2,1-6H3,(H,17,19). The van der Waals surface area contributed by atoms with Gasteiger partial charge in [-0.1, -0.05) is 6.92 Å². The second-order valence-electron chi connectivity index (χ2n) is 6.09. The molecule has 0 radical (unpaired) electrons. The van der Waals surface area contributed by atoms with Crippen molar-refractivity contribution in [2.45, 2.75) is 32.7 Å². The summed E-state index contributed by atoms with van der Waals surface area (Å²) in [6.45, 7) is 5.37. The first-order valence-corrected chi connectivity index (χ1v) is 9.39. The lowest BCUT2D eigenvalue weighted by atomic mass is 10.0. The van der Waals surface area contributed by atoms with Gasteiger partial charge in [0.05, 0.1) is 26.2 Å². The quantitative estimate of drug-likeness (QED) is 0.766. The molecule has 0 spiro atoms. The van der Waals surface area contributed by atoms with Gasteiger partial charge in [0.2, 0.25) is 15.9 Å². The van der Waals surface area contributed by atoms with E-state index in [-0.39, 0.29) is 18.1 Å². The molecule has 1 amide bonds. The third kappa shape index (κ3) is 5.30. The van der Waals surface area contributed by atoms with E-state index < -0.39 is 15.6 Å². The molecular formula is C16H26N2O5S. The summed E-state index contributed by atoms with van der Waals surface area (Å²) in [5.74, 6) is 0.452. The van der Waals surface area contributed by atoms with Crippen molar-refractivity contribution in [1.29, 1.82) is 0 Å². The zero-order chi connectivity index (χ0) is 18.5. The molecule has 0 atom stereocenters. The van der Waals surface area contributed by atoms with Gasteiger partial charge in [0.25, 0.3) is 0 Å². The van der Waals surface area contributed by atoms with Crippen molar-refractivity contribution in [2.75, 3.05) is 31.3 Å². The molecule has 0 aromatic heterocycles. The van der Waals surface area contributed by atoms with Crippen molar-refractivity contribution < 1.29 is 22.7 Å². The van der Waals surface area contributed by atoms with Crippen LogP contribution in [0.3, 0.4) is 0 Å². The molecule has 7 nitrogen and oxygen atoms in total. The number of anilines is 1. The van der Waals surface area contributed by atoms with E-state index in [1.165, 1.54) is 14.2 Å². The van der Waals surface area contributed by atoms with Gasteiger partial charge in [0.1, 0.15) is 18.0 Å². The Hall–Kier alpha value is -1.96. The molecule has 0 saturated heterocycles. The maximum absolute atomic E-state index is 12.3. The molecule has 0 bridgehead atoms. The SMILES string of the molecule is CCC(C)(C)NC(=O)CN(c1ccc(OC)cc1OC)S(C)(=O)=O. The fourth-order valence-electron chi connectivity index (χ4n) is 2.01. The third-order valence-corrected chi connectivity index (χ3v) is 4.83. The molecule has 1 rings (SSSR count). The Balaban J connectivity index is 3.19. The summed E-state index contributed by atoms with van der Waals surface area (Å²) >= 11 is 0. The first kappa shape index (κ1) is 20.1. The summed E-state index contributed by atoms with van der Waals surface area (Å²) in [6, 6.07) is 4.74. The summed E-state index contributed by atoms with van der Waals surface area (Å²) in [5.41, 5.74) is -0.130. The summed E-state index contributed by atoms with van der Waals surface area (Å²) in [7, 11) is -0.743. The van der Waals surface area contributed by atoms with Crippen LogP contribution in [0.5, 0.6) is 11.5 Å². The minimum atomic E-state index is -3.68. The van der Waals surface area contributed by atoms with Crippen LogP contribution in [0.1, 0.15) is 27.2 Å². The van der Waals surface area contributed by atoms with Crippen molar-refractivity contribution in [1.82, 2.24) is 5.32 Å². The van der Waals surface area contributed by atoms with Crippen molar-refractivity contribution in [3.8, 4) is 11.5 Å². The number of methoxy groups -OCH3 is 2. The van der Waals surface area contributed by atoms with E-state index in [1.807, 2.05) is 20.8 Å². The number of nitrogens with one attached hydrogen (secondary N) is 1. The molecule has 0 aliphatic heterocycles. The van der Waals surface area contributed by atoms with Gasteiger partial charge < -0.3 is 14.8 Å². The highest BCUT2D eigenvalue weighted by molar-refractivity contribution is 7.92. The van der Waals surface area contributed by atoms with Crippen LogP contribution in [0.15, 0.2) is 18.2 Å². The monoisotopic (exact) mass is 358 g/mol. The third-order valence-electron chi connectivity index (χ3n) is 3.70. The summed E-state index contributed by atoms with van der Waals surface area (Å²) in [5, 5.41) is 2.83. The van der Waals surface area contributed by atoms with E-state index in [9.17, 15) is 13.2 Å². The van der Waals surface area contributed by atoms with Crippen molar-refractivity contribution >= 4 is 21.6 Å². The number of benzene rings is 1. The Morgan fingerprint density at radius 1 is 1.25 bits per heavy atom. The number of carbonyl (C=O) groups excluding carboxylic acids is 1. The van der Waals surface area contributed by atoms with E-state index in [2.05, 4.69) is 5.32 Å². The molecule has 8 heteroatoms. The predicted octanol–water partition coefficient (Wildman–Crippen LogP) is 1.77. The lowest BCUT2D eigenvalue weighted by Gasteiger charge is -2.28. The number of rotatable bonds is 8. The van der Waals surface area contributed by atoms with Crippen LogP contribution >= 0.6 is 0 Å². The molecule has 24 heavy (non-hydrogen) atoms. The van der Waals surface area contributed by atoms with Gasteiger partial charge in [-0.2, -0.15) is 0 Å². The summed E-state index contributed by atoms with van der Waals surface area (Å²) < 4.78 is 35.7. The molecule has 0 unspecified atom stereocenters. The highest BCUT2D eigenvalue weighted by Gasteiger charge is 2.26. The normalized spacial score (nSPS) is 11.8. The van der Waals surface area contributed by atoms with Crippen LogP contribution < -0.4 is 19.1 Å². The molecule has 0 fully saturated rings. The minimum absolute atomic E-state index is 0.283.